The van der Waals surface area contributed by atoms with Crippen molar-refractivity contribution in [2.24, 2.45) is 14.1 Å². The van der Waals surface area contributed by atoms with Crippen molar-refractivity contribution in [2.45, 2.75) is 115 Å². The van der Waals surface area contributed by atoms with Crippen LogP contribution in [0.4, 0.5) is 29.7 Å². The van der Waals surface area contributed by atoms with Crippen LogP contribution in [0.5, 0.6) is 0 Å². The SMILES string of the molecule is CCc1cc(NC(=O)N[C@H](C)[C@@H](O)CN(C)CCCc2ccc(F)cc2)cc(-c2nnnn2C)c1.C[C@@H](NC(=O)Nc1cccc(-c2nnnn2C)c1)[C@@H](O)CN(CCCc1ccc(F)cc1)C1CCCCC1. The quantitative estimate of drug-likeness (QED) is 0.0399. The standard InChI is InChI=1S/C28H38FN7O2.C25H34FN7O2/c1-20(30-28(38)31-24-10-6-9-22(18-24)27-32-33-34-35(27)2)26(37)19-36(25-11-4-3-5-12-25)17-7-8-21-13-15-23(29)16-14-21;1-5-18-13-20(24-29-30-31-33(24)4)15-22(14-18)28-25(35)27-17(2)23(34)16-32(3)12-6-7-19-8-10-21(26)11-9-19/h6,9-10,13-16,18,20,25-26,37H,3-5,7-8,11-12,17,19H2,1-2H3,(H2,30,31,38);8-11,13-15,17,23,34H,5-7,12,16H2,1-4H3,(H2,27,28,35)/t20-,26+;17-,23+/m11/s1. The van der Waals surface area contributed by atoms with E-state index in [9.17, 15) is 28.6 Å². The summed E-state index contributed by atoms with van der Waals surface area (Å²) in [6.07, 6.45) is 8.76. The van der Waals surface area contributed by atoms with Gasteiger partial charge in [0, 0.05) is 55.7 Å². The summed E-state index contributed by atoms with van der Waals surface area (Å²) in [5.41, 5.74) is 6.05. The van der Waals surface area contributed by atoms with Gasteiger partial charge in [-0.1, -0.05) is 62.6 Å². The maximum atomic E-state index is 13.2. The number of benzene rings is 4. The molecule has 4 atom stereocenters. The van der Waals surface area contributed by atoms with Crippen molar-refractivity contribution < 1.29 is 28.6 Å². The summed E-state index contributed by atoms with van der Waals surface area (Å²) in [4.78, 5) is 29.7. The summed E-state index contributed by atoms with van der Waals surface area (Å²) < 4.78 is 29.4. The van der Waals surface area contributed by atoms with E-state index in [0.717, 1.165) is 85.9 Å². The van der Waals surface area contributed by atoms with Crippen LogP contribution in [0.1, 0.15) is 82.4 Å². The average molecular weight is 1010 g/mol. The highest BCUT2D eigenvalue weighted by Gasteiger charge is 2.26. The second-order valence-corrected chi connectivity index (χ2v) is 19.0. The van der Waals surface area contributed by atoms with E-state index in [1.807, 2.05) is 68.3 Å². The number of nitrogens with zero attached hydrogens (tertiary/aromatic N) is 10. The number of carbonyl (C=O) groups excluding carboxylic acids is 2. The third kappa shape index (κ3) is 17.8. The number of rotatable bonds is 22. The number of aliphatic hydroxyl groups excluding tert-OH is 2. The number of hydrogen-bond acceptors (Lipinski definition) is 12. The lowest BCUT2D eigenvalue weighted by molar-refractivity contribution is 0.0558. The van der Waals surface area contributed by atoms with Gasteiger partial charge in [0.25, 0.3) is 0 Å². The lowest BCUT2D eigenvalue weighted by Crippen LogP contribution is -2.50. The molecule has 20 heteroatoms. The average Bonchev–Trinajstić information content (AvgIpc) is 4.02. The summed E-state index contributed by atoms with van der Waals surface area (Å²) in [5, 5.41) is 56.1. The number of anilines is 2. The lowest BCUT2D eigenvalue weighted by Gasteiger charge is -2.37. The maximum Gasteiger partial charge on any atom is 0.319 e. The molecule has 0 saturated heterocycles. The summed E-state index contributed by atoms with van der Waals surface area (Å²) in [5.74, 6) is 0.748. The van der Waals surface area contributed by atoms with E-state index in [2.05, 4.69) is 57.2 Å². The fourth-order valence-electron chi connectivity index (χ4n) is 8.90. The Kier molecular flexibility index (Phi) is 21.2. The van der Waals surface area contributed by atoms with Crippen molar-refractivity contribution in [2.75, 3.05) is 43.9 Å². The number of aromatic nitrogens is 8. The van der Waals surface area contributed by atoms with Crippen molar-refractivity contribution >= 4 is 23.4 Å². The van der Waals surface area contributed by atoms with E-state index in [0.29, 0.717) is 42.2 Å². The molecule has 392 valence electrons. The molecular weight excluding hydrogens is 935 g/mol. The maximum absolute atomic E-state index is 13.2. The first-order valence-electron chi connectivity index (χ1n) is 25.3. The van der Waals surface area contributed by atoms with Gasteiger partial charge in [-0.05, 0) is 171 Å². The zero-order valence-corrected chi connectivity index (χ0v) is 42.9. The number of tetrazole rings is 2. The number of urea groups is 2. The van der Waals surface area contributed by atoms with Crippen molar-refractivity contribution in [3.8, 4) is 22.8 Å². The Morgan fingerprint density at radius 1 is 0.671 bits per heavy atom. The molecule has 1 saturated carbocycles. The minimum Gasteiger partial charge on any atom is -0.390 e. The topological polar surface area (TPSA) is 216 Å². The molecule has 1 aliphatic rings. The van der Waals surface area contributed by atoms with Gasteiger partial charge in [0.05, 0.1) is 24.3 Å². The number of aliphatic hydroxyl groups is 2. The summed E-state index contributed by atoms with van der Waals surface area (Å²) in [7, 11) is 5.45. The van der Waals surface area contributed by atoms with Gasteiger partial charge >= 0.3 is 12.1 Å². The van der Waals surface area contributed by atoms with Crippen LogP contribution in [0.2, 0.25) is 0 Å². The van der Waals surface area contributed by atoms with Gasteiger partial charge in [-0.3, -0.25) is 4.90 Å². The van der Waals surface area contributed by atoms with Gasteiger partial charge in [0.1, 0.15) is 11.6 Å². The van der Waals surface area contributed by atoms with E-state index in [1.54, 1.807) is 54.6 Å². The van der Waals surface area contributed by atoms with Crippen LogP contribution < -0.4 is 21.3 Å². The van der Waals surface area contributed by atoms with E-state index in [-0.39, 0.29) is 17.7 Å². The minimum atomic E-state index is -0.737. The number of hydrogen-bond donors (Lipinski definition) is 6. The Morgan fingerprint density at radius 3 is 1.74 bits per heavy atom. The molecule has 2 heterocycles. The largest absolute Gasteiger partial charge is 0.390 e. The molecule has 0 unspecified atom stereocenters. The van der Waals surface area contributed by atoms with Gasteiger partial charge in [-0.15, -0.1) is 10.2 Å². The highest BCUT2D eigenvalue weighted by atomic mass is 19.1. The molecule has 1 aliphatic carbocycles. The smallest absolute Gasteiger partial charge is 0.319 e. The summed E-state index contributed by atoms with van der Waals surface area (Å²) >= 11 is 0. The van der Waals surface area contributed by atoms with E-state index in [1.165, 1.54) is 43.5 Å². The highest BCUT2D eigenvalue weighted by Crippen LogP contribution is 2.25. The molecule has 7 rings (SSSR count). The molecule has 6 N–H and O–H groups in total. The van der Waals surface area contributed by atoms with Crippen LogP contribution in [0.3, 0.4) is 0 Å². The Bertz CT molecular complexity index is 2630. The highest BCUT2D eigenvalue weighted by molar-refractivity contribution is 5.91. The predicted molar refractivity (Wildman–Crippen MR) is 278 cm³/mol. The number of likely N-dealkylation sites (N-methyl/N-ethyl adjacent to an activating group) is 1. The molecular formula is C53H72F2N14O4. The molecule has 1 fully saturated rings. The molecule has 0 spiro atoms. The third-order valence-electron chi connectivity index (χ3n) is 13.2. The van der Waals surface area contributed by atoms with Crippen molar-refractivity contribution in [1.82, 2.24) is 60.8 Å². The second-order valence-electron chi connectivity index (χ2n) is 19.0. The number of carbonyl (C=O) groups is 2. The number of amides is 4. The first-order valence-corrected chi connectivity index (χ1v) is 25.3. The van der Waals surface area contributed by atoms with Gasteiger partial charge in [0.2, 0.25) is 0 Å². The molecule has 4 aromatic carbocycles. The molecule has 2 aromatic heterocycles. The molecule has 0 bridgehead atoms. The number of aryl methyl sites for hydroxylation is 5. The zero-order chi connectivity index (χ0) is 52.3. The van der Waals surface area contributed by atoms with Crippen LogP contribution in [0.25, 0.3) is 22.8 Å². The molecule has 0 aliphatic heterocycles. The summed E-state index contributed by atoms with van der Waals surface area (Å²) in [6, 6.07) is 24.9. The van der Waals surface area contributed by atoms with Gasteiger partial charge in [-0.2, -0.15) is 0 Å². The molecule has 73 heavy (non-hydrogen) atoms. The second kappa shape index (κ2) is 27.9. The van der Waals surface area contributed by atoms with Crippen molar-refractivity contribution in [1.29, 1.82) is 0 Å². The van der Waals surface area contributed by atoms with Gasteiger partial charge in [-0.25, -0.2) is 27.7 Å². The normalized spacial score (nSPS) is 14.5. The van der Waals surface area contributed by atoms with Crippen molar-refractivity contribution in [3.63, 3.8) is 0 Å². The lowest BCUT2D eigenvalue weighted by atomic mass is 9.93. The summed E-state index contributed by atoms with van der Waals surface area (Å²) in [6.45, 7) is 8.16. The first kappa shape index (κ1) is 55.6. The van der Waals surface area contributed by atoms with Gasteiger partial charge in [0.15, 0.2) is 11.6 Å². The number of halogens is 2. The van der Waals surface area contributed by atoms with Crippen LogP contribution in [-0.4, -0.2) is 136 Å². The first-order chi connectivity index (χ1) is 35.1. The Morgan fingerprint density at radius 2 is 1.19 bits per heavy atom. The predicted octanol–water partition coefficient (Wildman–Crippen LogP) is 7.17. The van der Waals surface area contributed by atoms with Crippen LogP contribution in [-0.2, 0) is 33.4 Å². The van der Waals surface area contributed by atoms with Crippen LogP contribution in [0, 0.1) is 11.6 Å². The fourth-order valence-corrected chi connectivity index (χ4v) is 8.90. The Balaban J connectivity index is 0.000000239. The van der Waals surface area contributed by atoms with E-state index in [4.69, 9.17) is 0 Å². The van der Waals surface area contributed by atoms with Crippen LogP contribution >= 0.6 is 0 Å². The van der Waals surface area contributed by atoms with Crippen LogP contribution in [0.15, 0.2) is 91.0 Å². The van der Waals surface area contributed by atoms with Gasteiger partial charge < -0.3 is 36.4 Å². The van der Waals surface area contributed by atoms with E-state index >= 15 is 0 Å². The monoisotopic (exact) mass is 1010 g/mol. The van der Waals surface area contributed by atoms with E-state index < -0.39 is 30.3 Å². The number of nitrogens with one attached hydrogen (secondary N) is 4. The molecule has 0 radical (unpaired) electrons. The zero-order valence-electron chi connectivity index (χ0n) is 42.9. The fraction of sp³-hybridized carbons (Fsp3) is 0.472. The molecule has 6 aromatic rings. The third-order valence-corrected chi connectivity index (χ3v) is 13.2. The van der Waals surface area contributed by atoms with Crippen molar-refractivity contribution in [3.05, 3.63) is 119 Å². The molecule has 18 nitrogen and oxygen atoms in total. The molecule has 4 amide bonds. The Hall–Kier alpha value is -6.74. The minimum absolute atomic E-state index is 0.221. The Labute approximate surface area is 426 Å².